The zero-order valence-corrected chi connectivity index (χ0v) is 12.2. The normalized spacial score (nSPS) is 10.8. The van der Waals surface area contributed by atoms with Crippen LogP contribution >= 0.6 is 49.9 Å². The lowest BCUT2D eigenvalue weighted by atomic mass is 10.2. The molecule has 16 heavy (non-hydrogen) atoms. The summed E-state index contributed by atoms with van der Waals surface area (Å²) in [5, 5.41) is 8.61. The summed E-state index contributed by atoms with van der Waals surface area (Å²) in [5.41, 5.74) is 2.63. The van der Waals surface area contributed by atoms with Crippen molar-refractivity contribution in [3.63, 3.8) is 0 Å². The molecule has 0 spiro atoms. The van der Waals surface area contributed by atoms with Gasteiger partial charge in [0.05, 0.1) is 0 Å². The van der Waals surface area contributed by atoms with Crippen molar-refractivity contribution in [1.29, 1.82) is 0 Å². The lowest BCUT2D eigenvalue weighted by molar-refractivity contribution is 1.80. The molecule has 0 radical (unpaired) electrons. The molecule has 0 bridgehead atoms. The van der Waals surface area contributed by atoms with Crippen LogP contribution in [0.25, 0.3) is 20.9 Å². The van der Waals surface area contributed by atoms with Gasteiger partial charge in [-0.2, -0.15) is 22.7 Å². The van der Waals surface area contributed by atoms with Crippen LogP contribution in [0.4, 0.5) is 0 Å². The van der Waals surface area contributed by atoms with Gasteiger partial charge in [0.15, 0.2) is 0 Å². The standard InChI is InChI=1S/C12H7BrS3/c13-10-5-11(8-1-3-14-6-8)16-12(10)9-2-4-15-7-9/h1-7H. The van der Waals surface area contributed by atoms with E-state index in [1.165, 1.54) is 25.4 Å². The van der Waals surface area contributed by atoms with E-state index < -0.39 is 0 Å². The molecule has 0 aliphatic rings. The van der Waals surface area contributed by atoms with Crippen molar-refractivity contribution in [3.05, 3.63) is 44.2 Å². The number of hydrogen-bond acceptors (Lipinski definition) is 3. The molecule has 0 N–H and O–H groups in total. The molecule has 3 aromatic heterocycles. The molecule has 3 aromatic rings. The Kier molecular flexibility index (Phi) is 2.98. The highest BCUT2D eigenvalue weighted by molar-refractivity contribution is 9.10. The molecule has 3 rings (SSSR count). The molecule has 80 valence electrons. The molecule has 0 fully saturated rings. The van der Waals surface area contributed by atoms with E-state index in [1.54, 1.807) is 22.7 Å². The second-order valence-corrected chi connectivity index (χ2v) is 6.78. The molecule has 3 heterocycles. The second kappa shape index (κ2) is 4.45. The molecule has 0 nitrogen and oxygen atoms in total. The van der Waals surface area contributed by atoms with E-state index in [2.05, 4.69) is 55.6 Å². The molecular formula is C12H7BrS3. The Labute approximate surface area is 114 Å². The van der Waals surface area contributed by atoms with Gasteiger partial charge >= 0.3 is 0 Å². The Morgan fingerprint density at radius 3 is 2.25 bits per heavy atom. The highest BCUT2D eigenvalue weighted by atomic mass is 79.9. The first-order chi connectivity index (χ1) is 7.84. The topological polar surface area (TPSA) is 0 Å². The predicted octanol–water partition coefficient (Wildman–Crippen LogP) is 5.97. The van der Waals surface area contributed by atoms with E-state index in [4.69, 9.17) is 0 Å². The van der Waals surface area contributed by atoms with E-state index in [-0.39, 0.29) is 0 Å². The Morgan fingerprint density at radius 1 is 0.938 bits per heavy atom. The fourth-order valence-electron chi connectivity index (χ4n) is 1.51. The van der Waals surface area contributed by atoms with Gasteiger partial charge in [-0.15, -0.1) is 11.3 Å². The third kappa shape index (κ3) is 1.91. The zero-order valence-electron chi connectivity index (χ0n) is 8.14. The fourth-order valence-corrected chi connectivity index (χ4v) is 4.85. The molecule has 0 atom stereocenters. The molecule has 0 aliphatic carbocycles. The van der Waals surface area contributed by atoms with Crippen LogP contribution in [0.1, 0.15) is 0 Å². The van der Waals surface area contributed by atoms with Crippen molar-refractivity contribution in [2.24, 2.45) is 0 Å². The van der Waals surface area contributed by atoms with Crippen LogP contribution in [-0.2, 0) is 0 Å². The first-order valence-corrected chi connectivity index (χ1v) is 8.18. The Bertz CT molecular complexity index is 576. The molecule has 0 aromatic carbocycles. The summed E-state index contributed by atoms with van der Waals surface area (Å²) in [6.45, 7) is 0. The molecule has 0 aliphatic heterocycles. The summed E-state index contributed by atoms with van der Waals surface area (Å²) in [7, 11) is 0. The van der Waals surface area contributed by atoms with Crippen LogP contribution in [0.3, 0.4) is 0 Å². The summed E-state index contributed by atoms with van der Waals surface area (Å²) in [4.78, 5) is 2.65. The van der Waals surface area contributed by atoms with Crippen molar-refractivity contribution in [2.75, 3.05) is 0 Å². The van der Waals surface area contributed by atoms with Crippen LogP contribution in [0, 0.1) is 0 Å². The van der Waals surface area contributed by atoms with Gasteiger partial charge in [0, 0.05) is 25.4 Å². The third-order valence-electron chi connectivity index (χ3n) is 2.28. The maximum absolute atomic E-state index is 3.64. The smallest absolute Gasteiger partial charge is 0.0499 e. The van der Waals surface area contributed by atoms with Crippen LogP contribution in [0.2, 0.25) is 0 Å². The molecule has 0 saturated heterocycles. The quantitative estimate of drug-likeness (QED) is 0.544. The summed E-state index contributed by atoms with van der Waals surface area (Å²) in [6, 6.07) is 6.54. The number of halogens is 1. The van der Waals surface area contributed by atoms with Crippen molar-refractivity contribution in [1.82, 2.24) is 0 Å². The zero-order chi connectivity index (χ0) is 11.0. The van der Waals surface area contributed by atoms with Gasteiger partial charge < -0.3 is 0 Å². The minimum Gasteiger partial charge on any atom is -0.152 e. The summed E-state index contributed by atoms with van der Waals surface area (Å²) < 4.78 is 1.19. The summed E-state index contributed by atoms with van der Waals surface area (Å²) in [6.07, 6.45) is 0. The van der Waals surface area contributed by atoms with Gasteiger partial charge in [-0.05, 0) is 55.6 Å². The van der Waals surface area contributed by atoms with Crippen molar-refractivity contribution >= 4 is 49.9 Å². The maximum Gasteiger partial charge on any atom is 0.0499 e. The molecule has 0 amide bonds. The van der Waals surface area contributed by atoms with E-state index in [1.807, 2.05) is 11.3 Å². The van der Waals surface area contributed by atoms with Crippen LogP contribution in [0.15, 0.2) is 44.2 Å². The van der Waals surface area contributed by atoms with E-state index >= 15 is 0 Å². The largest absolute Gasteiger partial charge is 0.152 e. The van der Waals surface area contributed by atoms with Gasteiger partial charge in [-0.25, -0.2) is 0 Å². The molecular weight excluding hydrogens is 320 g/mol. The summed E-state index contributed by atoms with van der Waals surface area (Å²) in [5.74, 6) is 0. The van der Waals surface area contributed by atoms with E-state index in [9.17, 15) is 0 Å². The number of thiophene rings is 3. The van der Waals surface area contributed by atoms with Crippen molar-refractivity contribution < 1.29 is 0 Å². The van der Waals surface area contributed by atoms with Gasteiger partial charge in [0.1, 0.15) is 0 Å². The lowest BCUT2D eigenvalue weighted by Crippen LogP contribution is -1.63. The summed E-state index contributed by atoms with van der Waals surface area (Å²) >= 11 is 8.96. The fraction of sp³-hybridized carbons (Fsp3) is 0. The number of hydrogen-bond donors (Lipinski definition) is 0. The maximum atomic E-state index is 3.64. The van der Waals surface area contributed by atoms with Crippen molar-refractivity contribution in [2.45, 2.75) is 0 Å². The molecule has 0 saturated carbocycles. The Balaban J connectivity index is 2.09. The average molecular weight is 327 g/mol. The van der Waals surface area contributed by atoms with Crippen molar-refractivity contribution in [3.8, 4) is 20.9 Å². The van der Waals surface area contributed by atoms with Gasteiger partial charge in [-0.1, -0.05) is 0 Å². The highest BCUT2D eigenvalue weighted by Gasteiger charge is 2.10. The van der Waals surface area contributed by atoms with E-state index in [0.717, 1.165) is 0 Å². The van der Waals surface area contributed by atoms with Gasteiger partial charge in [0.25, 0.3) is 0 Å². The van der Waals surface area contributed by atoms with Gasteiger partial charge in [-0.3, -0.25) is 0 Å². The first kappa shape index (κ1) is 10.7. The molecule has 4 heteroatoms. The average Bonchev–Trinajstić information content (AvgIpc) is 2.97. The van der Waals surface area contributed by atoms with Crippen LogP contribution in [0.5, 0.6) is 0 Å². The Morgan fingerprint density at radius 2 is 1.62 bits per heavy atom. The van der Waals surface area contributed by atoms with Gasteiger partial charge in [0.2, 0.25) is 0 Å². The highest BCUT2D eigenvalue weighted by Crippen LogP contribution is 2.42. The predicted molar refractivity (Wildman–Crippen MR) is 78.6 cm³/mol. The SMILES string of the molecule is Brc1cc(-c2ccsc2)sc1-c1ccsc1. The third-order valence-corrected chi connectivity index (χ3v) is 5.76. The minimum absolute atomic E-state index is 1.19. The van der Waals surface area contributed by atoms with Crippen LogP contribution in [-0.4, -0.2) is 0 Å². The van der Waals surface area contributed by atoms with E-state index in [0.29, 0.717) is 0 Å². The monoisotopic (exact) mass is 326 g/mol. The first-order valence-electron chi connectivity index (χ1n) is 4.69. The number of rotatable bonds is 2. The lowest BCUT2D eigenvalue weighted by Gasteiger charge is -1.91. The van der Waals surface area contributed by atoms with Crippen LogP contribution < -0.4 is 0 Å². The second-order valence-electron chi connectivity index (χ2n) is 3.31. The Hall–Kier alpha value is -0.420. The molecule has 0 unspecified atom stereocenters. The minimum atomic E-state index is 1.19.